The molecule has 6 aromatic carbocycles. The van der Waals surface area contributed by atoms with E-state index in [1.165, 1.54) is 52.0 Å². The lowest BCUT2D eigenvalue weighted by Crippen LogP contribution is -2.82. The van der Waals surface area contributed by atoms with E-state index in [-0.39, 0.29) is 83.8 Å². The maximum Gasteiger partial charge on any atom is 0.338 e. The highest BCUT2D eigenvalue weighted by Crippen LogP contribution is 2.67. The predicted molar refractivity (Wildman–Crippen MR) is 464 cm³/mol. The molecule has 33 heteroatoms. The van der Waals surface area contributed by atoms with Crippen LogP contribution in [0.4, 0.5) is 0 Å². The Morgan fingerprint density at radius 3 is 1.08 bits per heavy atom. The number of fused-ring (bicyclic) bond motifs is 10. The summed E-state index contributed by atoms with van der Waals surface area (Å²) in [4.78, 5) is 169. The van der Waals surface area contributed by atoms with Crippen molar-refractivity contribution in [1.82, 2.24) is 16.0 Å². The third-order valence-electron chi connectivity index (χ3n) is 27.6. The number of hydrogen-bond donors (Lipinski definition) is 11. The van der Waals surface area contributed by atoms with Crippen LogP contribution in [0.25, 0.3) is 0 Å². The van der Waals surface area contributed by atoms with Crippen molar-refractivity contribution >= 4 is 71.1 Å². The highest BCUT2D eigenvalue weighted by atomic mass is 16.7. The summed E-state index contributed by atoms with van der Waals surface area (Å²) in [6.07, 6.45) is -21.4. The maximum absolute atomic E-state index is 15.7. The van der Waals surface area contributed by atoms with E-state index in [2.05, 4.69) is 16.0 Å². The molecule has 6 aromatic rings. The second kappa shape index (κ2) is 39.4. The molecule has 0 aromatic heterocycles. The van der Waals surface area contributed by atoms with Gasteiger partial charge in [-0.1, -0.05) is 168 Å². The molecular formula is C98H114N4O29. The standard InChI is InChI=1S/C49H56N2O14.C47H52N2O14.C2H6O/c1-7-50-25-35(54)63-39-36-27(2)32(62-45(59)38(55)37(29-17-11-8-12-18-29)51-43(57)30-19-13-9-14-20-30)24-49(60,46(36,4)5)42(64-44(58)31-21-15-10-16-22-31)40-47(6,41(39)56)33(53)23-34-48(40,26-61-34)65-28(3)52;1-25-30(60-43(57)36(53)35(27-15-9-6-10-16-27)49-41(55)28-17-11-7-12-18-28)22-47(58)40(62-42(56)29-19-13-8-14-20-29)38-45(5,31(51)21-32-46(38,24-59-32)63-26(2)50)39(54)37(61-33(52)23-48)34(25)44(47,3)4;1-2-3/h8-22,32-34,37-40,42,50,53,55,60H,7,23-26H2,1-6H3,(H,51,57);6-20,30-32,35-38,40,51,53,58H,21-24,48H2,1-5H3,(H,49,55);3H,2H2,1H3/t32-,33-,34?,37-,38+,39+,40-,42-,47?,48-,49+;30-,31-,32?,35-,36+,37+,38-,40-,45?,46-,47+;/m00./s1. The number of carbonyl (C=O) groups is 12. The number of ether oxygens (including phenoxy) is 10. The van der Waals surface area contributed by atoms with E-state index in [1.54, 1.807) is 199 Å². The lowest BCUT2D eigenvalue weighted by Gasteiger charge is -2.67. The minimum Gasteiger partial charge on any atom is -0.456 e. The highest BCUT2D eigenvalue weighted by molar-refractivity contribution is 5.99. The Morgan fingerprint density at radius 2 is 0.786 bits per heavy atom. The van der Waals surface area contributed by atoms with Gasteiger partial charge in [0, 0.05) is 68.1 Å². The van der Waals surface area contributed by atoms with Crippen LogP contribution in [-0.4, -0.2) is 242 Å². The summed E-state index contributed by atoms with van der Waals surface area (Å²) in [6, 6.07) is 45.8. The van der Waals surface area contributed by atoms with Crippen molar-refractivity contribution in [1.29, 1.82) is 0 Å². The Balaban J connectivity index is 0.000000230. The minimum atomic E-state index is -2.42. The summed E-state index contributed by atoms with van der Waals surface area (Å²) < 4.78 is 61.0. The van der Waals surface area contributed by atoms with Crippen molar-refractivity contribution in [3.8, 4) is 0 Å². The number of benzene rings is 6. The Kier molecular flexibility index (Phi) is 29.6. The van der Waals surface area contributed by atoms with Gasteiger partial charge in [-0.3, -0.25) is 38.4 Å². The summed E-state index contributed by atoms with van der Waals surface area (Å²) in [5.74, 6) is -14.0. The van der Waals surface area contributed by atoms with Gasteiger partial charge < -0.3 is 105 Å². The van der Waals surface area contributed by atoms with Crippen molar-refractivity contribution in [2.45, 2.75) is 217 Å². The van der Waals surface area contributed by atoms with E-state index >= 15 is 9.59 Å². The van der Waals surface area contributed by atoms with Crippen molar-refractivity contribution in [3.05, 3.63) is 238 Å². The number of aliphatic hydroxyl groups excluding tert-OH is 5. The van der Waals surface area contributed by atoms with E-state index in [0.29, 0.717) is 17.7 Å². The maximum atomic E-state index is 15.7. The highest BCUT2D eigenvalue weighted by Gasteiger charge is 2.81. The Labute approximate surface area is 757 Å². The molecule has 4 bridgehead atoms. The van der Waals surface area contributed by atoms with Gasteiger partial charge in [0.05, 0.1) is 84.4 Å². The monoisotopic (exact) mass is 1810 g/mol. The van der Waals surface area contributed by atoms with Crippen molar-refractivity contribution in [3.63, 3.8) is 0 Å². The van der Waals surface area contributed by atoms with Crippen LogP contribution in [0.2, 0.25) is 0 Å². The first-order valence-corrected chi connectivity index (χ1v) is 43.5. The summed E-state index contributed by atoms with van der Waals surface area (Å²) in [7, 11) is 0. The van der Waals surface area contributed by atoms with Gasteiger partial charge in [0.15, 0.2) is 47.2 Å². The van der Waals surface area contributed by atoms with Crippen molar-refractivity contribution in [2.75, 3.05) is 39.5 Å². The van der Waals surface area contributed by atoms with Crippen LogP contribution in [0, 0.1) is 33.5 Å². The van der Waals surface area contributed by atoms with Crippen molar-refractivity contribution < 1.29 is 141 Å². The van der Waals surface area contributed by atoms with E-state index in [9.17, 15) is 78.6 Å². The summed E-state index contributed by atoms with van der Waals surface area (Å²) in [6.45, 7) is 16.8. The van der Waals surface area contributed by atoms with E-state index in [1.807, 2.05) is 0 Å². The average molecular weight is 1810 g/mol. The third kappa shape index (κ3) is 18.3. The quantitative estimate of drug-likeness (QED) is 0.0188. The van der Waals surface area contributed by atoms with Crippen LogP contribution < -0.4 is 21.7 Å². The molecule has 2 saturated heterocycles. The van der Waals surface area contributed by atoms with Gasteiger partial charge in [0.25, 0.3) is 11.8 Å². The molecule has 6 aliphatic carbocycles. The SMILES string of the molecule is CC(=O)O[C@@]12COC1C[C@H](O)C1(C)C(=O)[C@H](OC(=O)CN)C3=C(C)[C@@H](OC(=O)[C@H](O)[C@@H](NC(=O)c4ccccc4)c4ccccc4)C[C@@](O)([C@@H](OC(=O)c4ccccc4)[C@@H]12)C3(C)C.CCNCC(=O)O[C@H]1C(=O)C2(C)[C@@H](O)CC3OC[C@@]3(OC(C)=O)[C@H]2[C@H](OC(=O)c2ccccc2)[C@]2(O)C[C@H](OC(=O)[C@H](O)[C@@H](NC(=O)c3ccccc3)c3ccccc3)C(C)=C1C2(C)C.CCO. The van der Waals surface area contributed by atoms with Gasteiger partial charge in [-0.15, -0.1) is 0 Å². The Bertz CT molecular complexity index is 5310. The second-order valence-corrected chi connectivity index (χ2v) is 35.8. The molecule has 131 heavy (non-hydrogen) atoms. The molecule has 12 N–H and O–H groups in total. The van der Waals surface area contributed by atoms with E-state index < -0.39 is 232 Å². The largest absolute Gasteiger partial charge is 0.456 e. The lowest BCUT2D eigenvalue weighted by molar-refractivity contribution is -0.346. The molecule has 4 unspecified atom stereocenters. The number of carbonyl (C=O) groups excluding carboxylic acids is 12. The van der Waals surface area contributed by atoms with Crippen LogP contribution in [0.5, 0.6) is 0 Å². The molecule has 2 heterocycles. The summed E-state index contributed by atoms with van der Waals surface area (Å²) >= 11 is 0. The van der Waals surface area contributed by atoms with Crippen LogP contribution in [0.3, 0.4) is 0 Å². The molecule has 700 valence electrons. The molecule has 0 spiro atoms. The Morgan fingerprint density at radius 1 is 0.473 bits per heavy atom. The average Bonchev–Trinajstić information content (AvgIpc) is 0.671. The second-order valence-electron chi connectivity index (χ2n) is 35.8. The number of ketones is 2. The molecule has 14 rings (SSSR count). The molecule has 22 atom stereocenters. The van der Waals surface area contributed by atoms with Gasteiger partial charge in [-0.25, -0.2) is 19.2 Å². The molecule has 2 amide bonds. The molecule has 0 radical (unpaired) electrons. The number of nitrogens with two attached hydrogens (primary N) is 1. The fourth-order valence-corrected chi connectivity index (χ4v) is 20.6. The number of aliphatic hydroxyl groups is 7. The Hall–Kier alpha value is -11.6. The van der Waals surface area contributed by atoms with Crippen LogP contribution >= 0.6 is 0 Å². The number of nitrogens with one attached hydrogen (secondary N) is 3. The topological polar surface area (TPSA) is 501 Å². The predicted octanol–water partition coefficient (Wildman–Crippen LogP) is 6.00. The first kappa shape index (κ1) is 98.4. The zero-order valence-electron chi connectivity index (χ0n) is 74.8. The van der Waals surface area contributed by atoms with Crippen LogP contribution in [0.15, 0.2) is 204 Å². The number of likely N-dealkylation sites (N-methyl/N-ethyl adjacent to an activating group) is 1. The molecule has 8 aliphatic rings. The van der Waals surface area contributed by atoms with Gasteiger partial charge in [0.1, 0.15) is 47.8 Å². The first-order chi connectivity index (χ1) is 62.0. The van der Waals surface area contributed by atoms with Crippen LogP contribution in [-0.2, 0) is 85.7 Å². The minimum absolute atomic E-state index is 0.00784. The smallest absolute Gasteiger partial charge is 0.338 e. The molecular weight excluding hydrogens is 1700 g/mol. The van der Waals surface area contributed by atoms with Crippen molar-refractivity contribution in [2.24, 2.45) is 39.2 Å². The number of esters is 8. The summed E-state index contributed by atoms with van der Waals surface area (Å²) in [5.41, 5.74) is -8.67. The molecule has 4 saturated carbocycles. The fourth-order valence-electron chi connectivity index (χ4n) is 20.6. The number of rotatable bonds is 24. The molecule has 33 nitrogen and oxygen atoms in total. The molecule has 2 aliphatic heterocycles. The number of hydrogen-bond acceptors (Lipinski definition) is 31. The number of Topliss-reactive ketones (excluding diaryl/α,β-unsaturated/α-hetero) is 2. The van der Waals surface area contributed by atoms with Gasteiger partial charge >= 0.3 is 47.8 Å². The van der Waals surface area contributed by atoms with Gasteiger partial charge in [-0.2, -0.15) is 0 Å². The number of amides is 2. The lowest BCUT2D eigenvalue weighted by atomic mass is 9.44. The third-order valence-corrected chi connectivity index (χ3v) is 27.6. The zero-order valence-corrected chi connectivity index (χ0v) is 74.8. The fraction of sp³-hybridized carbons (Fsp3) is 0.469. The van der Waals surface area contributed by atoms with Crippen LogP contribution in [0.1, 0.15) is 173 Å². The molecule has 6 fully saturated rings. The summed E-state index contributed by atoms with van der Waals surface area (Å²) in [5, 5.41) is 91.3. The van der Waals surface area contributed by atoms with Gasteiger partial charge in [0.2, 0.25) is 0 Å². The van der Waals surface area contributed by atoms with E-state index in [4.69, 9.17) is 58.2 Å². The normalized spacial score (nSPS) is 30.7. The van der Waals surface area contributed by atoms with E-state index in [0.717, 1.165) is 13.8 Å². The van der Waals surface area contributed by atoms with Gasteiger partial charge in [-0.05, 0) is 123 Å². The first-order valence-electron chi connectivity index (χ1n) is 43.5. The zero-order chi connectivity index (χ0) is 95.4.